The Kier molecular flexibility index (Phi) is 5.98. The second kappa shape index (κ2) is 7.26. The smallest absolute Gasteiger partial charge is 0.227 e. The lowest BCUT2D eigenvalue weighted by molar-refractivity contribution is -0.118. The number of benzene rings is 1. The van der Waals surface area contributed by atoms with E-state index < -0.39 is 0 Å². The second-order valence-electron chi connectivity index (χ2n) is 5.58. The molecule has 1 amide bonds. The highest BCUT2D eigenvalue weighted by Gasteiger charge is 2.13. The van der Waals surface area contributed by atoms with E-state index in [1.54, 1.807) is 7.11 Å². The molecule has 0 saturated carbocycles. The van der Waals surface area contributed by atoms with Gasteiger partial charge >= 0.3 is 0 Å². The van der Waals surface area contributed by atoms with Crippen LogP contribution in [0.2, 0.25) is 0 Å². The van der Waals surface area contributed by atoms with Gasteiger partial charge in [0.1, 0.15) is 11.4 Å². The molecule has 112 valence electrons. The average molecular weight is 280 g/mol. The van der Waals surface area contributed by atoms with Gasteiger partial charge in [0.05, 0.1) is 12.5 Å². The molecule has 0 fully saturated rings. The van der Waals surface area contributed by atoms with Gasteiger partial charge in [0.25, 0.3) is 0 Å². The summed E-state index contributed by atoms with van der Waals surface area (Å²) in [4.78, 5) is 11.8. The largest absolute Gasteiger partial charge is 0.488 e. The van der Waals surface area contributed by atoms with Gasteiger partial charge in [-0.3, -0.25) is 4.79 Å². The highest BCUT2D eigenvalue weighted by molar-refractivity contribution is 5.91. The maximum atomic E-state index is 11.8. The van der Waals surface area contributed by atoms with E-state index in [9.17, 15) is 4.79 Å². The van der Waals surface area contributed by atoms with Crippen molar-refractivity contribution in [3.8, 4) is 5.75 Å². The summed E-state index contributed by atoms with van der Waals surface area (Å²) in [5.41, 5.74) is 5.97. The third-order valence-electron chi connectivity index (χ3n) is 2.57. The van der Waals surface area contributed by atoms with Crippen LogP contribution in [0.4, 0.5) is 5.69 Å². The van der Waals surface area contributed by atoms with Crippen molar-refractivity contribution < 1.29 is 14.3 Å². The van der Waals surface area contributed by atoms with Crippen molar-refractivity contribution in [3.63, 3.8) is 0 Å². The first kappa shape index (κ1) is 16.5. The van der Waals surface area contributed by atoms with E-state index in [1.807, 2.05) is 45.0 Å². The molecule has 3 N–H and O–H groups in total. The van der Waals surface area contributed by atoms with Crippen molar-refractivity contribution in [1.82, 2.24) is 0 Å². The summed E-state index contributed by atoms with van der Waals surface area (Å²) < 4.78 is 10.8. The van der Waals surface area contributed by atoms with Crippen molar-refractivity contribution in [2.45, 2.75) is 38.9 Å². The molecule has 0 spiro atoms. The first-order valence-corrected chi connectivity index (χ1v) is 6.66. The molecule has 1 unspecified atom stereocenters. The van der Waals surface area contributed by atoms with Crippen LogP contribution in [0.3, 0.4) is 0 Å². The van der Waals surface area contributed by atoms with Crippen LogP contribution in [-0.2, 0) is 9.53 Å². The number of methoxy groups -OCH3 is 1. The van der Waals surface area contributed by atoms with Gasteiger partial charge in [0.15, 0.2) is 0 Å². The number of amides is 1. The Bertz CT molecular complexity index is 420. The van der Waals surface area contributed by atoms with E-state index in [-0.39, 0.29) is 24.0 Å². The maximum absolute atomic E-state index is 11.8. The number of hydrogen-bond acceptors (Lipinski definition) is 4. The van der Waals surface area contributed by atoms with E-state index in [4.69, 9.17) is 15.2 Å². The molecule has 5 heteroatoms. The number of ether oxygens (including phenoxy) is 2. The summed E-state index contributed by atoms with van der Waals surface area (Å²) in [6, 6.07) is 7.28. The van der Waals surface area contributed by atoms with Crippen LogP contribution < -0.4 is 15.8 Å². The van der Waals surface area contributed by atoms with Gasteiger partial charge in [-0.2, -0.15) is 0 Å². The standard InChI is InChI=1S/C15H24N2O3/c1-15(2,3)20-12-7-5-11(6-8-12)17-14(18)9-13(10-16)19-4/h5-8,13H,9-10,16H2,1-4H3,(H,17,18). The SMILES string of the molecule is COC(CN)CC(=O)Nc1ccc(OC(C)(C)C)cc1. The predicted molar refractivity (Wildman–Crippen MR) is 79.9 cm³/mol. The molecule has 0 saturated heterocycles. The molecule has 1 atom stereocenters. The van der Waals surface area contributed by atoms with E-state index in [0.717, 1.165) is 11.4 Å². The summed E-state index contributed by atoms with van der Waals surface area (Å²) in [5, 5.41) is 2.80. The first-order valence-electron chi connectivity index (χ1n) is 6.66. The van der Waals surface area contributed by atoms with Crippen LogP contribution in [-0.4, -0.2) is 31.3 Å². The fourth-order valence-corrected chi connectivity index (χ4v) is 1.64. The van der Waals surface area contributed by atoms with Crippen molar-refractivity contribution in [2.24, 2.45) is 5.73 Å². The Hall–Kier alpha value is -1.59. The fraction of sp³-hybridized carbons (Fsp3) is 0.533. The minimum atomic E-state index is -0.251. The first-order chi connectivity index (χ1) is 9.34. The van der Waals surface area contributed by atoms with Crippen LogP contribution in [0.5, 0.6) is 5.75 Å². The van der Waals surface area contributed by atoms with Crippen LogP contribution in [0.1, 0.15) is 27.2 Å². The van der Waals surface area contributed by atoms with E-state index >= 15 is 0 Å². The van der Waals surface area contributed by atoms with Gasteiger partial charge in [-0.15, -0.1) is 0 Å². The van der Waals surface area contributed by atoms with Crippen LogP contribution in [0.15, 0.2) is 24.3 Å². The minimum absolute atomic E-state index is 0.119. The van der Waals surface area contributed by atoms with Gasteiger partial charge in [0.2, 0.25) is 5.91 Å². The Morgan fingerprint density at radius 1 is 1.30 bits per heavy atom. The van der Waals surface area contributed by atoms with Gasteiger partial charge < -0.3 is 20.5 Å². The molecule has 1 aromatic rings. The lowest BCUT2D eigenvalue weighted by atomic mass is 10.2. The average Bonchev–Trinajstić information content (AvgIpc) is 2.36. The fourth-order valence-electron chi connectivity index (χ4n) is 1.64. The topological polar surface area (TPSA) is 73.6 Å². The number of nitrogens with two attached hydrogens (primary N) is 1. The van der Waals surface area contributed by atoms with E-state index in [0.29, 0.717) is 6.54 Å². The highest BCUT2D eigenvalue weighted by atomic mass is 16.5. The summed E-state index contributed by atoms with van der Waals surface area (Å²) in [5.74, 6) is 0.652. The molecule has 0 aliphatic heterocycles. The molecule has 1 rings (SSSR count). The molecular weight excluding hydrogens is 256 g/mol. The molecule has 1 aromatic carbocycles. The predicted octanol–water partition coefficient (Wildman–Crippen LogP) is 2.17. The summed E-state index contributed by atoms with van der Waals surface area (Å²) in [6.45, 7) is 6.28. The molecular formula is C15H24N2O3. The molecule has 0 aromatic heterocycles. The van der Waals surface area contributed by atoms with Crippen molar-refractivity contribution in [1.29, 1.82) is 0 Å². The van der Waals surface area contributed by atoms with Crippen LogP contribution in [0, 0.1) is 0 Å². The van der Waals surface area contributed by atoms with Gasteiger partial charge in [-0.25, -0.2) is 0 Å². The lowest BCUT2D eigenvalue weighted by Crippen LogP contribution is -2.28. The zero-order valence-electron chi connectivity index (χ0n) is 12.6. The van der Waals surface area contributed by atoms with Crippen molar-refractivity contribution in [3.05, 3.63) is 24.3 Å². The van der Waals surface area contributed by atoms with Crippen molar-refractivity contribution >= 4 is 11.6 Å². The Morgan fingerprint density at radius 2 is 1.90 bits per heavy atom. The summed E-state index contributed by atoms with van der Waals surface area (Å²) in [7, 11) is 1.55. The van der Waals surface area contributed by atoms with E-state index in [1.165, 1.54) is 0 Å². The summed E-state index contributed by atoms with van der Waals surface area (Å²) in [6.07, 6.45) is -0.00810. The van der Waals surface area contributed by atoms with Gasteiger partial charge in [-0.1, -0.05) is 0 Å². The zero-order valence-corrected chi connectivity index (χ0v) is 12.6. The lowest BCUT2D eigenvalue weighted by Gasteiger charge is -2.21. The number of carbonyl (C=O) groups excluding carboxylic acids is 1. The normalized spacial score (nSPS) is 12.8. The highest BCUT2D eigenvalue weighted by Crippen LogP contribution is 2.20. The van der Waals surface area contributed by atoms with Gasteiger partial charge in [-0.05, 0) is 45.0 Å². The molecule has 5 nitrogen and oxygen atoms in total. The van der Waals surface area contributed by atoms with Crippen LogP contribution >= 0.6 is 0 Å². The zero-order chi connectivity index (χ0) is 15.2. The summed E-state index contributed by atoms with van der Waals surface area (Å²) >= 11 is 0. The number of rotatable bonds is 6. The Morgan fingerprint density at radius 3 is 2.35 bits per heavy atom. The monoisotopic (exact) mass is 280 g/mol. The molecule has 20 heavy (non-hydrogen) atoms. The Labute approximate surface area is 120 Å². The number of anilines is 1. The van der Waals surface area contributed by atoms with Crippen molar-refractivity contribution in [2.75, 3.05) is 19.0 Å². The molecule has 0 bridgehead atoms. The van der Waals surface area contributed by atoms with Gasteiger partial charge in [0, 0.05) is 19.3 Å². The maximum Gasteiger partial charge on any atom is 0.227 e. The van der Waals surface area contributed by atoms with Crippen LogP contribution in [0.25, 0.3) is 0 Å². The van der Waals surface area contributed by atoms with E-state index in [2.05, 4.69) is 5.32 Å². The third-order valence-corrected chi connectivity index (χ3v) is 2.57. The third kappa shape index (κ3) is 6.04. The number of nitrogens with one attached hydrogen (secondary N) is 1. The Balaban J connectivity index is 2.55. The molecule has 0 aliphatic rings. The second-order valence-corrected chi connectivity index (χ2v) is 5.58. The number of hydrogen-bond donors (Lipinski definition) is 2. The quantitative estimate of drug-likeness (QED) is 0.837. The minimum Gasteiger partial charge on any atom is -0.488 e. The molecule has 0 heterocycles. The molecule has 0 radical (unpaired) electrons. The number of carbonyl (C=O) groups is 1. The molecule has 0 aliphatic carbocycles.